The summed E-state index contributed by atoms with van der Waals surface area (Å²) in [6.07, 6.45) is 1.94. The lowest BCUT2D eigenvalue weighted by Gasteiger charge is -2.20. The Morgan fingerprint density at radius 3 is 2.42 bits per heavy atom. The minimum atomic E-state index is -0.800. The molecule has 104 valence electrons. The zero-order valence-electron chi connectivity index (χ0n) is 11.2. The predicted molar refractivity (Wildman–Crippen MR) is 72.5 cm³/mol. The first-order valence-corrected chi connectivity index (χ1v) is 6.56. The van der Waals surface area contributed by atoms with E-state index in [9.17, 15) is 9.90 Å². The van der Waals surface area contributed by atoms with Crippen LogP contribution in [0.3, 0.4) is 0 Å². The van der Waals surface area contributed by atoms with Crippen LogP contribution in [0.2, 0.25) is 5.02 Å². The Kier molecular flexibility index (Phi) is 3.63. The Morgan fingerprint density at radius 2 is 2.05 bits per heavy atom. The lowest BCUT2D eigenvalue weighted by atomic mass is 9.89. The van der Waals surface area contributed by atoms with E-state index in [1.807, 2.05) is 6.92 Å². The summed E-state index contributed by atoms with van der Waals surface area (Å²) in [5.41, 5.74) is 0.790. The summed E-state index contributed by atoms with van der Waals surface area (Å²) in [6.45, 7) is 1.95. The van der Waals surface area contributed by atoms with Gasteiger partial charge in [0.15, 0.2) is 11.5 Å². The topological polar surface area (TPSA) is 55.8 Å². The average Bonchev–Trinajstić information content (AvgIpc) is 3.18. The molecule has 0 aliphatic heterocycles. The first-order valence-electron chi connectivity index (χ1n) is 6.19. The van der Waals surface area contributed by atoms with Crippen LogP contribution in [0.15, 0.2) is 6.07 Å². The quantitative estimate of drug-likeness (QED) is 0.903. The molecule has 19 heavy (non-hydrogen) atoms. The van der Waals surface area contributed by atoms with Gasteiger partial charge in [0.25, 0.3) is 0 Å². The summed E-state index contributed by atoms with van der Waals surface area (Å²) in [7, 11) is 3.04. The maximum atomic E-state index is 11.5. The summed E-state index contributed by atoms with van der Waals surface area (Å²) < 4.78 is 10.5. The smallest absolute Gasteiger partial charge is 0.314 e. The molecule has 1 aliphatic rings. The second-order valence-corrected chi connectivity index (χ2v) is 5.07. The molecule has 1 fully saturated rings. The number of aliphatic carboxylic acids is 1. The van der Waals surface area contributed by atoms with Gasteiger partial charge in [-0.25, -0.2) is 0 Å². The molecular weight excluding hydrogens is 268 g/mol. The van der Waals surface area contributed by atoms with Gasteiger partial charge in [-0.3, -0.25) is 4.79 Å². The number of methoxy groups -OCH3 is 2. The summed E-state index contributed by atoms with van der Waals surface area (Å²) in [5, 5.41) is 9.89. The van der Waals surface area contributed by atoms with E-state index < -0.39 is 11.4 Å². The van der Waals surface area contributed by atoms with E-state index in [0.717, 1.165) is 11.1 Å². The van der Waals surface area contributed by atoms with Crippen molar-refractivity contribution < 1.29 is 19.4 Å². The number of halogens is 1. The van der Waals surface area contributed by atoms with Crippen molar-refractivity contribution in [3.63, 3.8) is 0 Å². The molecule has 1 N–H and O–H groups in total. The fourth-order valence-corrected chi connectivity index (χ4v) is 2.89. The second-order valence-electron chi connectivity index (χ2n) is 4.69. The van der Waals surface area contributed by atoms with Crippen molar-refractivity contribution >= 4 is 17.6 Å². The molecule has 1 aromatic rings. The van der Waals surface area contributed by atoms with Crippen molar-refractivity contribution in [2.45, 2.75) is 31.6 Å². The molecule has 0 heterocycles. The molecular formula is C14H17ClO4. The lowest BCUT2D eigenvalue weighted by molar-refractivity contribution is -0.140. The van der Waals surface area contributed by atoms with E-state index in [-0.39, 0.29) is 0 Å². The van der Waals surface area contributed by atoms with Crippen molar-refractivity contribution in [2.75, 3.05) is 14.2 Å². The zero-order valence-corrected chi connectivity index (χ0v) is 12.0. The molecule has 4 nitrogen and oxygen atoms in total. The maximum Gasteiger partial charge on any atom is 0.314 e. The normalized spacial score (nSPS) is 16.0. The molecule has 0 radical (unpaired) electrons. The summed E-state index contributed by atoms with van der Waals surface area (Å²) in [6, 6.07) is 1.75. The van der Waals surface area contributed by atoms with Crippen LogP contribution in [0.5, 0.6) is 11.5 Å². The number of carboxylic acids is 1. The van der Waals surface area contributed by atoms with Crippen LogP contribution in [0.4, 0.5) is 0 Å². The standard InChI is InChI=1S/C14H17ClO4/c1-4-8-9(14(5-6-14)13(16)17)7-10(18-2)12(19-3)11(8)15/h7H,4-6H2,1-3H3,(H,16,17). The number of carbonyl (C=O) groups is 1. The van der Waals surface area contributed by atoms with Crippen LogP contribution in [0.25, 0.3) is 0 Å². The first kappa shape index (κ1) is 14.0. The minimum absolute atomic E-state index is 0.451. The summed E-state index contributed by atoms with van der Waals surface area (Å²) >= 11 is 6.34. The van der Waals surface area contributed by atoms with Gasteiger partial charge in [-0.05, 0) is 36.5 Å². The van der Waals surface area contributed by atoms with Crippen LogP contribution in [-0.4, -0.2) is 25.3 Å². The number of rotatable bonds is 5. The van der Waals surface area contributed by atoms with Crippen LogP contribution in [0.1, 0.15) is 30.9 Å². The number of carboxylic acid groups (broad SMARTS) is 1. The third-order valence-electron chi connectivity index (χ3n) is 3.74. The largest absolute Gasteiger partial charge is 0.493 e. The Balaban J connectivity index is 2.68. The average molecular weight is 285 g/mol. The third-order valence-corrected chi connectivity index (χ3v) is 4.14. The van der Waals surface area contributed by atoms with Gasteiger partial charge in [-0.2, -0.15) is 0 Å². The molecule has 2 rings (SSSR count). The summed E-state index contributed by atoms with van der Waals surface area (Å²) in [5.74, 6) is 0.142. The molecule has 0 spiro atoms. The van der Waals surface area contributed by atoms with E-state index in [2.05, 4.69) is 0 Å². The van der Waals surface area contributed by atoms with Crippen LogP contribution >= 0.6 is 11.6 Å². The number of benzene rings is 1. The molecule has 0 bridgehead atoms. The highest BCUT2D eigenvalue weighted by Crippen LogP contribution is 2.53. The fourth-order valence-electron chi connectivity index (χ4n) is 2.49. The van der Waals surface area contributed by atoms with Gasteiger partial charge in [0, 0.05) is 0 Å². The molecule has 1 aromatic carbocycles. The Hall–Kier alpha value is -1.42. The number of hydrogen-bond acceptors (Lipinski definition) is 3. The second kappa shape index (κ2) is 4.93. The van der Waals surface area contributed by atoms with E-state index >= 15 is 0 Å². The number of ether oxygens (including phenoxy) is 2. The highest BCUT2D eigenvalue weighted by Gasteiger charge is 2.53. The molecule has 0 saturated heterocycles. The van der Waals surface area contributed by atoms with Gasteiger partial charge >= 0.3 is 5.97 Å². The van der Waals surface area contributed by atoms with Crippen LogP contribution in [0, 0.1) is 0 Å². The monoisotopic (exact) mass is 284 g/mol. The fraction of sp³-hybridized carbons (Fsp3) is 0.500. The van der Waals surface area contributed by atoms with Crippen molar-refractivity contribution in [3.8, 4) is 11.5 Å². The molecule has 0 unspecified atom stereocenters. The molecule has 0 amide bonds. The molecule has 0 atom stereocenters. The van der Waals surface area contributed by atoms with Gasteiger partial charge < -0.3 is 14.6 Å². The van der Waals surface area contributed by atoms with Crippen LogP contribution in [-0.2, 0) is 16.6 Å². The Morgan fingerprint density at radius 1 is 1.42 bits per heavy atom. The SMILES string of the molecule is CCc1c(C2(C(=O)O)CC2)cc(OC)c(OC)c1Cl. The Bertz CT molecular complexity index is 521. The molecule has 5 heteroatoms. The predicted octanol–water partition coefficient (Wildman–Crippen LogP) is 3.04. The van der Waals surface area contributed by atoms with Gasteiger partial charge in [0.05, 0.1) is 24.7 Å². The van der Waals surface area contributed by atoms with Gasteiger partial charge in [-0.15, -0.1) is 0 Å². The van der Waals surface area contributed by atoms with E-state index in [1.165, 1.54) is 14.2 Å². The van der Waals surface area contributed by atoms with Gasteiger partial charge in [0.1, 0.15) is 0 Å². The Labute approximate surface area is 117 Å². The molecule has 1 saturated carbocycles. The minimum Gasteiger partial charge on any atom is -0.493 e. The number of hydrogen-bond donors (Lipinski definition) is 1. The maximum absolute atomic E-state index is 11.5. The van der Waals surface area contributed by atoms with E-state index in [0.29, 0.717) is 35.8 Å². The zero-order chi connectivity index (χ0) is 14.2. The van der Waals surface area contributed by atoms with Crippen LogP contribution < -0.4 is 9.47 Å². The van der Waals surface area contributed by atoms with Crippen molar-refractivity contribution in [3.05, 3.63) is 22.2 Å². The van der Waals surface area contributed by atoms with Crippen molar-refractivity contribution in [1.82, 2.24) is 0 Å². The van der Waals surface area contributed by atoms with E-state index in [4.69, 9.17) is 21.1 Å². The summed E-state index contributed by atoms with van der Waals surface area (Å²) in [4.78, 5) is 11.5. The lowest BCUT2D eigenvalue weighted by Crippen LogP contribution is -2.21. The van der Waals surface area contributed by atoms with Crippen molar-refractivity contribution in [1.29, 1.82) is 0 Å². The highest BCUT2D eigenvalue weighted by molar-refractivity contribution is 6.33. The van der Waals surface area contributed by atoms with Gasteiger partial charge in [0.2, 0.25) is 0 Å². The first-order chi connectivity index (χ1) is 9.01. The van der Waals surface area contributed by atoms with Gasteiger partial charge in [-0.1, -0.05) is 18.5 Å². The third kappa shape index (κ3) is 2.04. The molecule has 1 aliphatic carbocycles. The van der Waals surface area contributed by atoms with E-state index in [1.54, 1.807) is 6.07 Å². The molecule has 0 aromatic heterocycles. The highest BCUT2D eigenvalue weighted by atomic mass is 35.5. The van der Waals surface area contributed by atoms with Crippen molar-refractivity contribution in [2.24, 2.45) is 0 Å².